The van der Waals surface area contributed by atoms with Crippen LogP contribution in [0.3, 0.4) is 0 Å². The molecule has 0 saturated carbocycles. The van der Waals surface area contributed by atoms with Crippen molar-refractivity contribution in [2.75, 3.05) is 0 Å². The van der Waals surface area contributed by atoms with E-state index >= 15 is 0 Å². The van der Waals surface area contributed by atoms with Gasteiger partial charge in [0.1, 0.15) is 6.54 Å². The van der Waals surface area contributed by atoms with Gasteiger partial charge in [-0.3, -0.25) is 0 Å². The highest BCUT2D eigenvalue weighted by Crippen LogP contribution is 2.17. The summed E-state index contributed by atoms with van der Waals surface area (Å²) in [6.07, 6.45) is 3.36. The predicted molar refractivity (Wildman–Crippen MR) is 55.6 cm³/mol. The standard InChI is InChI=1S/C9H16N4O2/c1-3-5-6-8-9(13(14)15)12(7-4-2)11-10-8/h3-7H2,1-2H3. The summed E-state index contributed by atoms with van der Waals surface area (Å²) in [5.41, 5.74) is 0.510. The van der Waals surface area contributed by atoms with Crippen molar-refractivity contribution in [1.82, 2.24) is 15.0 Å². The average molecular weight is 212 g/mol. The summed E-state index contributed by atoms with van der Waals surface area (Å²) in [4.78, 5) is 10.5. The molecule has 6 heteroatoms. The molecule has 1 rings (SSSR count). The Morgan fingerprint density at radius 2 is 2.13 bits per heavy atom. The van der Waals surface area contributed by atoms with Crippen LogP contribution in [0.5, 0.6) is 0 Å². The number of nitro groups is 1. The summed E-state index contributed by atoms with van der Waals surface area (Å²) < 4.78 is 1.38. The Balaban J connectivity index is 2.90. The maximum absolute atomic E-state index is 10.8. The first-order chi connectivity index (χ1) is 7.20. The van der Waals surface area contributed by atoms with Crippen LogP contribution in [0.4, 0.5) is 5.82 Å². The topological polar surface area (TPSA) is 73.8 Å². The molecule has 1 aromatic heterocycles. The van der Waals surface area contributed by atoms with Gasteiger partial charge in [0, 0.05) is 11.6 Å². The number of aryl methyl sites for hydroxylation is 2. The van der Waals surface area contributed by atoms with E-state index in [0.29, 0.717) is 18.7 Å². The van der Waals surface area contributed by atoms with Gasteiger partial charge < -0.3 is 10.1 Å². The lowest BCUT2D eigenvalue weighted by atomic mass is 10.2. The molecule has 84 valence electrons. The van der Waals surface area contributed by atoms with Crippen molar-refractivity contribution < 1.29 is 4.92 Å². The summed E-state index contributed by atoms with van der Waals surface area (Å²) >= 11 is 0. The first kappa shape index (κ1) is 11.6. The fourth-order valence-electron chi connectivity index (χ4n) is 1.41. The Bertz CT molecular complexity index is 335. The zero-order valence-electron chi connectivity index (χ0n) is 9.14. The molecule has 0 amide bonds. The van der Waals surface area contributed by atoms with Crippen LogP contribution in [-0.2, 0) is 13.0 Å². The van der Waals surface area contributed by atoms with Gasteiger partial charge in [-0.25, -0.2) is 0 Å². The van der Waals surface area contributed by atoms with Crippen LogP contribution in [0.1, 0.15) is 38.8 Å². The van der Waals surface area contributed by atoms with Gasteiger partial charge in [-0.1, -0.05) is 20.3 Å². The molecular weight excluding hydrogens is 196 g/mol. The predicted octanol–water partition coefficient (Wildman–Crippen LogP) is 1.94. The van der Waals surface area contributed by atoms with Gasteiger partial charge in [0.05, 0.1) is 0 Å². The SMILES string of the molecule is CCCCc1nnn(CCC)c1[N+](=O)[O-]. The zero-order valence-corrected chi connectivity index (χ0v) is 9.14. The Morgan fingerprint density at radius 1 is 1.40 bits per heavy atom. The molecule has 0 N–H and O–H groups in total. The van der Waals surface area contributed by atoms with Gasteiger partial charge >= 0.3 is 5.82 Å². The number of aromatic nitrogens is 3. The number of rotatable bonds is 6. The molecule has 0 aliphatic heterocycles. The van der Waals surface area contributed by atoms with Gasteiger partial charge in [-0.05, 0) is 17.8 Å². The molecule has 6 nitrogen and oxygen atoms in total. The summed E-state index contributed by atoms with van der Waals surface area (Å²) in [6.45, 7) is 4.55. The monoisotopic (exact) mass is 212 g/mol. The lowest BCUT2D eigenvalue weighted by Crippen LogP contribution is -2.05. The minimum Gasteiger partial charge on any atom is -0.358 e. The van der Waals surface area contributed by atoms with Crippen molar-refractivity contribution in [2.45, 2.75) is 46.1 Å². The van der Waals surface area contributed by atoms with Gasteiger partial charge in [0.15, 0.2) is 5.69 Å². The minimum absolute atomic E-state index is 0.0605. The highest BCUT2D eigenvalue weighted by Gasteiger charge is 2.22. The van der Waals surface area contributed by atoms with E-state index in [-0.39, 0.29) is 10.7 Å². The molecule has 0 unspecified atom stereocenters. The van der Waals surface area contributed by atoms with Crippen molar-refractivity contribution in [3.05, 3.63) is 15.8 Å². The maximum Gasteiger partial charge on any atom is 0.368 e. The van der Waals surface area contributed by atoms with Crippen molar-refractivity contribution in [3.8, 4) is 0 Å². The van der Waals surface area contributed by atoms with Gasteiger partial charge in [-0.2, -0.15) is 0 Å². The van der Waals surface area contributed by atoms with E-state index < -0.39 is 0 Å². The lowest BCUT2D eigenvalue weighted by Gasteiger charge is -1.98. The van der Waals surface area contributed by atoms with Gasteiger partial charge in [-0.15, -0.1) is 9.78 Å². The molecular formula is C9H16N4O2. The first-order valence-corrected chi connectivity index (χ1v) is 5.27. The molecule has 0 atom stereocenters. The van der Waals surface area contributed by atoms with E-state index in [1.54, 1.807) is 0 Å². The highest BCUT2D eigenvalue weighted by atomic mass is 16.6. The van der Waals surface area contributed by atoms with Crippen LogP contribution >= 0.6 is 0 Å². The third-order valence-corrected chi connectivity index (χ3v) is 2.15. The minimum atomic E-state index is -0.388. The van der Waals surface area contributed by atoms with Crippen LogP contribution in [0.15, 0.2) is 0 Å². The number of unbranched alkanes of at least 4 members (excludes halogenated alkanes) is 1. The Labute approximate surface area is 88.4 Å². The molecule has 0 fully saturated rings. The molecule has 0 saturated heterocycles. The number of hydrogen-bond donors (Lipinski definition) is 0. The molecule has 0 aliphatic rings. The Morgan fingerprint density at radius 3 is 2.67 bits per heavy atom. The van der Waals surface area contributed by atoms with Crippen LogP contribution in [0.2, 0.25) is 0 Å². The van der Waals surface area contributed by atoms with Crippen molar-refractivity contribution in [3.63, 3.8) is 0 Å². The number of nitrogens with zero attached hydrogens (tertiary/aromatic N) is 4. The van der Waals surface area contributed by atoms with E-state index in [2.05, 4.69) is 10.3 Å². The fraction of sp³-hybridized carbons (Fsp3) is 0.778. The maximum atomic E-state index is 10.8. The summed E-state index contributed by atoms with van der Waals surface area (Å²) in [7, 11) is 0. The fourth-order valence-corrected chi connectivity index (χ4v) is 1.41. The van der Waals surface area contributed by atoms with Crippen LogP contribution < -0.4 is 0 Å². The smallest absolute Gasteiger partial charge is 0.358 e. The molecule has 15 heavy (non-hydrogen) atoms. The van der Waals surface area contributed by atoms with Crippen molar-refractivity contribution >= 4 is 5.82 Å². The number of hydrogen-bond acceptors (Lipinski definition) is 4. The molecule has 0 aromatic carbocycles. The highest BCUT2D eigenvalue weighted by molar-refractivity contribution is 5.25. The van der Waals surface area contributed by atoms with E-state index in [9.17, 15) is 10.1 Å². The van der Waals surface area contributed by atoms with E-state index in [0.717, 1.165) is 19.3 Å². The first-order valence-electron chi connectivity index (χ1n) is 5.27. The van der Waals surface area contributed by atoms with E-state index in [1.165, 1.54) is 4.68 Å². The zero-order chi connectivity index (χ0) is 11.3. The quantitative estimate of drug-likeness (QED) is 0.533. The van der Waals surface area contributed by atoms with Crippen molar-refractivity contribution in [2.24, 2.45) is 0 Å². The van der Waals surface area contributed by atoms with E-state index in [4.69, 9.17) is 0 Å². The molecule has 0 bridgehead atoms. The van der Waals surface area contributed by atoms with Crippen LogP contribution in [0.25, 0.3) is 0 Å². The lowest BCUT2D eigenvalue weighted by molar-refractivity contribution is -0.393. The molecule has 0 radical (unpaired) electrons. The molecule has 0 spiro atoms. The molecule has 1 heterocycles. The molecule has 0 aliphatic carbocycles. The third-order valence-electron chi connectivity index (χ3n) is 2.15. The molecule has 1 aromatic rings. The second kappa shape index (κ2) is 5.43. The summed E-state index contributed by atoms with van der Waals surface area (Å²) in [6, 6.07) is 0. The Kier molecular flexibility index (Phi) is 4.20. The average Bonchev–Trinajstić information content (AvgIpc) is 2.58. The van der Waals surface area contributed by atoms with E-state index in [1.807, 2.05) is 13.8 Å². The van der Waals surface area contributed by atoms with Gasteiger partial charge in [0.2, 0.25) is 0 Å². The normalized spacial score (nSPS) is 10.5. The largest absolute Gasteiger partial charge is 0.368 e. The van der Waals surface area contributed by atoms with Gasteiger partial charge in [0.25, 0.3) is 0 Å². The van der Waals surface area contributed by atoms with Crippen molar-refractivity contribution in [1.29, 1.82) is 0 Å². The second-order valence-electron chi connectivity index (χ2n) is 3.44. The summed E-state index contributed by atoms with van der Waals surface area (Å²) in [5.74, 6) is 0.0605. The summed E-state index contributed by atoms with van der Waals surface area (Å²) in [5, 5.41) is 18.5. The second-order valence-corrected chi connectivity index (χ2v) is 3.44. The van der Waals surface area contributed by atoms with Crippen LogP contribution in [0, 0.1) is 10.1 Å². The Hall–Kier alpha value is -1.46. The van der Waals surface area contributed by atoms with Crippen LogP contribution in [-0.4, -0.2) is 19.9 Å². The third kappa shape index (κ3) is 2.74.